The molecule has 1 aliphatic heterocycles. The van der Waals surface area contributed by atoms with Gasteiger partial charge >= 0.3 is 0 Å². The van der Waals surface area contributed by atoms with Crippen molar-refractivity contribution in [2.45, 2.75) is 31.1 Å². The second-order valence-electron chi connectivity index (χ2n) is 5.39. The maximum atomic E-state index is 10.4. The van der Waals surface area contributed by atoms with Gasteiger partial charge in [-0.05, 0) is 0 Å². The molecule has 1 saturated heterocycles. The molecule has 1 aromatic carbocycles. The Morgan fingerprint density at radius 3 is 2.67 bits per heavy atom. The molecule has 1 aliphatic rings. The van der Waals surface area contributed by atoms with Crippen molar-refractivity contribution in [3.8, 4) is 11.4 Å². The van der Waals surface area contributed by atoms with E-state index in [9.17, 15) is 10.2 Å². The van der Waals surface area contributed by atoms with E-state index in [4.69, 9.17) is 4.74 Å². The highest BCUT2D eigenvalue weighted by Crippen LogP contribution is 2.25. The van der Waals surface area contributed by atoms with E-state index in [1.807, 2.05) is 30.3 Å². The fourth-order valence-corrected chi connectivity index (χ4v) is 2.51. The van der Waals surface area contributed by atoms with Crippen molar-refractivity contribution in [3.05, 3.63) is 36.7 Å². The van der Waals surface area contributed by atoms with Gasteiger partial charge in [0, 0.05) is 31.6 Å². The second kappa shape index (κ2) is 5.93. The highest BCUT2D eigenvalue weighted by Gasteiger charge is 2.37. The Morgan fingerprint density at radius 1 is 1.24 bits per heavy atom. The smallest absolute Gasteiger partial charge is 0.181 e. The highest BCUT2D eigenvalue weighted by molar-refractivity contribution is 5.53. The molecule has 1 atom stereocenters. The molecule has 0 saturated carbocycles. The molecule has 2 aromatic rings. The largest absolute Gasteiger partial charge is 0.388 e. The molecule has 112 valence electrons. The zero-order chi connectivity index (χ0) is 14.7. The average Bonchev–Trinajstić information content (AvgIpc) is 2.97. The third-order valence-corrected chi connectivity index (χ3v) is 3.91. The summed E-state index contributed by atoms with van der Waals surface area (Å²) < 4.78 is 6.79. The Morgan fingerprint density at radius 2 is 1.95 bits per heavy atom. The number of ether oxygens (including phenoxy) is 1. The summed E-state index contributed by atoms with van der Waals surface area (Å²) in [6.07, 6.45) is 1.57. The first kappa shape index (κ1) is 14.2. The van der Waals surface area contributed by atoms with Crippen LogP contribution in [0.1, 0.15) is 12.8 Å². The number of rotatable bonds is 4. The summed E-state index contributed by atoms with van der Waals surface area (Å²) in [4.78, 5) is 4.24. The Bertz CT molecular complexity index is 579. The lowest BCUT2D eigenvalue weighted by Crippen LogP contribution is -2.48. The van der Waals surface area contributed by atoms with E-state index in [0.29, 0.717) is 31.9 Å². The number of aromatic nitrogens is 3. The predicted molar refractivity (Wildman–Crippen MR) is 76.5 cm³/mol. The van der Waals surface area contributed by atoms with Gasteiger partial charge in [0.25, 0.3) is 0 Å². The third kappa shape index (κ3) is 3.12. The quantitative estimate of drug-likeness (QED) is 0.872. The number of aliphatic hydroxyl groups excluding tert-OH is 1. The van der Waals surface area contributed by atoms with Crippen LogP contribution in [-0.4, -0.2) is 49.9 Å². The summed E-state index contributed by atoms with van der Waals surface area (Å²) in [6.45, 7) is 1.16. The minimum absolute atomic E-state index is 0.219. The Labute approximate surface area is 123 Å². The van der Waals surface area contributed by atoms with Gasteiger partial charge in [0.15, 0.2) is 5.82 Å². The Hall–Kier alpha value is -1.76. The van der Waals surface area contributed by atoms with Gasteiger partial charge in [-0.3, -0.25) is 0 Å². The van der Waals surface area contributed by atoms with E-state index in [-0.39, 0.29) is 6.54 Å². The van der Waals surface area contributed by atoms with Gasteiger partial charge in [0.05, 0.1) is 12.1 Å². The summed E-state index contributed by atoms with van der Waals surface area (Å²) in [6, 6.07) is 9.65. The van der Waals surface area contributed by atoms with Crippen LogP contribution < -0.4 is 0 Å². The predicted octanol–water partition coefficient (Wildman–Crippen LogP) is 0.847. The third-order valence-electron chi connectivity index (χ3n) is 3.91. The SMILES string of the molecule is OC(Cn1cnc(-c2ccccc2)n1)C1(O)CCOCC1. The monoisotopic (exact) mass is 289 g/mol. The topological polar surface area (TPSA) is 80.4 Å². The van der Waals surface area contributed by atoms with E-state index in [1.54, 1.807) is 11.0 Å². The van der Waals surface area contributed by atoms with Crippen molar-refractivity contribution < 1.29 is 14.9 Å². The molecule has 0 aliphatic carbocycles. The number of hydrogen-bond acceptors (Lipinski definition) is 5. The van der Waals surface area contributed by atoms with Crippen LogP contribution in [0, 0.1) is 0 Å². The summed E-state index contributed by atoms with van der Waals surface area (Å²) in [7, 11) is 0. The van der Waals surface area contributed by atoms with Gasteiger partial charge < -0.3 is 14.9 Å². The van der Waals surface area contributed by atoms with Crippen LogP contribution in [0.4, 0.5) is 0 Å². The van der Waals surface area contributed by atoms with Gasteiger partial charge in [-0.1, -0.05) is 30.3 Å². The van der Waals surface area contributed by atoms with E-state index in [1.165, 1.54) is 0 Å². The summed E-state index contributed by atoms with van der Waals surface area (Å²) in [5.41, 5.74) is -0.174. The standard InChI is InChI=1S/C15H19N3O3/c19-13(15(20)6-8-21-9-7-15)10-18-11-16-14(17-18)12-4-2-1-3-5-12/h1-5,11,13,19-20H,6-10H2. The summed E-state index contributed by atoms with van der Waals surface area (Å²) in [5.74, 6) is 0.613. The summed E-state index contributed by atoms with van der Waals surface area (Å²) >= 11 is 0. The van der Waals surface area contributed by atoms with E-state index >= 15 is 0 Å². The molecular weight excluding hydrogens is 270 g/mol. The van der Waals surface area contributed by atoms with Gasteiger partial charge in [0.1, 0.15) is 12.4 Å². The van der Waals surface area contributed by atoms with Crippen LogP contribution in [-0.2, 0) is 11.3 Å². The van der Waals surface area contributed by atoms with Crippen LogP contribution in [0.3, 0.4) is 0 Å². The average molecular weight is 289 g/mol. The summed E-state index contributed by atoms with van der Waals surface area (Å²) in [5, 5.41) is 25.1. The molecule has 6 heteroatoms. The van der Waals surface area contributed by atoms with E-state index < -0.39 is 11.7 Å². The molecule has 0 spiro atoms. The first-order valence-corrected chi connectivity index (χ1v) is 7.10. The molecule has 0 amide bonds. The van der Waals surface area contributed by atoms with Crippen LogP contribution in [0.25, 0.3) is 11.4 Å². The van der Waals surface area contributed by atoms with Crippen LogP contribution >= 0.6 is 0 Å². The number of hydrogen-bond donors (Lipinski definition) is 2. The first-order valence-electron chi connectivity index (χ1n) is 7.10. The maximum absolute atomic E-state index is 10.4. The molecule has 1 fully saturated rings. The van der Waals surface area contributed by atoms with Crippen LogP contribution in [0.15, 0.2) is 36.7 Å². The number of aliphatic hydroxyl groups is 2. The van der Waals surface area contributed by atoms with Gasteiger partial charge in [-0.2, -0.15) is 5.10 Å². The molecule has 2 N–H and O–H groups in total. The van der Waals surface area contributed by atoms with Crippen LogP contribution in [0.5, 0.6) is 0 Å². The molecule has 2 heterocycles. The van der Waals surface area contributed by atoms with Crippen LogP contribution in [0.2, 0.25) is 0 Å². The first-order chi connectivity index (χ1) is 10.2. The van der Waals surface area contributed by atoms with Crippen molar-refractivity contribution in [1.29, 1.82) is 0 Å². The minimum Gasteiger partial charge on any atom is -0.388 e. The van der Waals surface area contributed by atoms with Gasteiger partial charge in [-0.25, -0.2) is 9.67 Å². The molecule has 0 radical (unpaired) electrons. The lowest BCUT2D eigenvalue weighted by Gasteiger charge is -2.35. The van der Waals surface area contributed by atoms with Crippen molar-refractivity contribution in [2.75, 3.05) is 13.2 Å². The van der Waals surface area contributed by atoms with Gasteiger partial charge in [0.2, 0.25) is 0 Å². The van der Waals surface area contributed by atoms with Crippen molar-refractivity contribution in [1.82, 2.24) is 14.8 Å². The molecule has 1 unspecified atom stereocenters. The van der Waals surface area contributed by atoms with Crippen molar-refractivity contribution >= 4 is 0 Å². The normalized spacial score (nSPS) is 19.3. The molecule has 21 heavy (non-hydrogen) atoms. The lowest BCUT2D eigenvalue weighted by molar-refractivity contribution is -0.136. The fraction of sp³-hybridized carbons (Fsp3) is 0.467. The fourth-order valence-electron chi connectivity index (χ4n) is 2.51. The molecular formula is C15H19N3O3. The van der Waals surface area contributed by atoms with E-state index in [0.717, 1.165) is 5.56 Å². The minimum atomic E-state index is -1.10. The Kier molecular flexibility index (Phi) is 4.01. The molecule has 6 nitrogen and oxygen atoms in total. The zero-order valence-electron chi connectivity index (χ0n) is 11.7. The molecule has 3 rings (SSSR count). The van der Waals surface area contributed by atoms with Crippen molar-refractivity contribution in [2.24, 2.45) is 0 Å². The highest BCUT2D eigenvalue weighted by atomic mass is 16.5. The number of benzene rings is 1. The molecule has 0 bridgehead atoms. The zero-order valence-corrected chi connectivity index (χ0v) is 11.7. The lowest BCUT2D eigenvalue weighted by atomic mass is 9.88. The number of nitrogens with zero attached hydrogens (tertiary/aromatic N) is 3. The van der Waals surface area contributed by atoms with E-state index in [2.05, 4.69) is 10.1 Å². The van der Waals surface area contributed by atoms with Gasteiger partial charge in [-0.15, -0.1) is 0 Å². The second-order valence-corrected chi connectivity index (χ2v) is 5.39. The van der Waals surface area contributed by atoms with Crippen molar-refractivity contribution in [3.63, 3.8) is 0 Å². The maximum Gasteiger partial charge on any atom is 0.181 e. The molecule has 1 aromatic heterocycles. The Balaban J connectivity index is 1.69.